The maximum absolute atomic E-state index is 12.5. The first-order valence-electron chi connectivity index (χ1n) is 14.1. The summed E-state index contributed by atoms with van der Waals surface area (Å²) >= 11 is 8.13. The highest BCUT2D eigenvalue weighted by Gasteiger charge is 2.33. The van der Waals surface area contributed by atoms with Gasteiger partial charge in [0.15, 0.2) is 0 Å². The van der Waals surface area contributed by atoms with E-state index in [-0.39, 0.29) is 18.4 Å². The topological polar surface area (TPSA) is 88.8 Å². The van der Waals surface area contributed by atoms with E-state index in [2.05, 4.69) is 52.6 Å². The molecule has 214 valence electrons. The molecule has 0 spiro atoms. The van der Waals surface area contributed by atoms with E-state index in [0.29, 0.717) is 44.8 Å². The van der Waals surface area contributed by atoms with Crippen LogP contribution >= 0.6 is 22.9 Å². The summed E-state index contributed by atoms with van der Waals surface area (Å²) < 4.78 is 7.45. The number of nitriles is 1. The molecule has 3 aliphatic heterocycles. The molecule has 11 heteroatoms. The second kappa shape index (κ2) is 11.8. The van der Waals surface area contributed by atoms with Crippen LogP contribution in [0.2, 0.25) is 5.02 Å². The highest BCUT2D eigenvalue weighted by Crippen LogP contribution is 2.39. The van der Waals surface area contributed by atoms with Crippen molar-refractivity contribution >= 4 is 50.4 Å². The number of nitrogens with zero attached hydrogens (tertiary/aromatic N) is 7. The number of likely N-dealkylation sites (tertiary alicyclic amines) is 1. The van der Waals surface area contributed by atoms with Gasteiger partial charge in [-0.25, -0.2) is 0 Å². The van der Waals surface area contributed by atoms with Crippen LogP contribution in [0.15, 0.2) is 36.2 Å². The molecule has 2 aromatic heterocycles. The van der Waals surface area contributed by atoms with Gasteiger partial charge >= 0.3 is 6.01 Å². The van der Waals surface area contributed by atoms with E-state index in [1.54, 1.807) is 16.2 Å². The molecule has 3 aliphatic rings. The van der Waals surface area contributed by atoms with Gasteiger partial charge in [0.1, 0.15) is 12.4 Å². The highest BCUT2D eigenvalue weighted by molar-refractivity contribution is 7.18. The fraction of sp³-hybridized carbons (Fsp3) is 0.467. The zero-order valence-corrected chi connectivity index (χ0v) is 24.8. The molecule has 1 amide bonds. The number of benzene rings is 1. The SMILES string of the molecule is C=CC(=O)N1CCN(c2nc(OC[C@@H]3CCCN3C)nc3c2CCN(c2cccc4c(Cl)csc24)C3)C[C@@H]1CC#N. The molecule has 0 saturated carbocycles. The van der Waals surface area contributed by atoms with Crippen LogP contribution in [-0.4, -0.2) is 84.1 Å². The van der Waals surface area contributed by atoms with Crippen LogP contribution < -0.4 is 14.5 Å². The van der Waals surface area contributed by atoms with Crippen molar-refractivity contribution in [3.8, 4) is 12.1 Å². The lowest BCUT2D eigenvalue weighted by atomic mass is 10.0. The van der Waals surface area contributed by atoms with Crippen molar-refractivity contribution in [3.63, 3.8) is 0 Å². The van der Waals surface area contributed by atoms with Gasteiger partial charge in [-0.3, -0.25) is 4.79 Å². The third-order valence-corrected chi connectivity index (χ3v) is 10.00. The van der Waals surface area contributed by atoms with Crippen LogP contribution in [0.1, 0.15) is 30.5 Å². The van der Waals surface area contributed by atoms with Gasteiger partial charge < -0.3 is 24.3 Å². The number of rotatable bonds is 7. The lowest BCUT2D eigenvalue weighted by Crippen LogP contribution is -2.55. The van der Waals surface area contributed by atoms with Gasteiger partial charge in [0.25, 0.3) is 0 Å². The third-order valence-electron chi connectivity index (χ3n) is 8.54. The Hall–Kier alpha value is -3.39. The number of piperazine rings is 1. The second-order valence-corrected chi connectivity index (χ2v) is 12.2. The van der Waals surface area contributed by atoms with Gasteiger partial charge in [0.2, 0.25) is 5.91 Å². The number of hydrogen-bond acceptors (Lipinski definition) is 9. The van der Waals surface area contributed by atoms with Crippen molar-refractivity contribution in [1.82, 2.24) is 19.8 Å². The molecule has 2 saturated heterocycles. The molecule has 0 radical (unpaired) electrons. The van der Waals surface area contributed by atoms with E-state index in [0.717, 1.165) is 59.1 Å². The summed E-state index contributed by atoms with van der Waals surface area (Å²) in [5, 5.41) is 13.3. The lowest BCUT2D eigenvalue weighted by molar-refractivity contribution is -0.128. The van der Waals surface area contributed by atoms with Crippen molar-refractivity contribution in [2.24, 2.45) is 0 Å². The summed E-state index contributed by atoms with van der Waals surface area (Å²) in [5.41, 5.74) is 3.23. The minimum absolute atomic E-state index is 0.141. The largest absolute Gasteiger partial charge is 0.462 e. The van der Waals surface area contributed by atoms with Crippen LogP contribution in [-0.2, 0) is 17.8 Å². The lowest BCUT2D eigenvalue weighted by Gasteiger charge is -2.42. The quantitative estimate of drug-likeness (QED) is 0.371. The van der Waals surface area contributed by atoms with E-state index in [9.17, 15) is 10.1 Å². The van der Waals surface area contributed by atoms with Gasteiger partial charge in [-0.2, -0.15) is 15.2 Å². The minimum Gasteiger partial charge on any atom is -0.462 e. The average Bonchev–Trinajstić information content (AvgIpc) is 3.59. The maximum atomic E-state index is 12.5. The van der Waals surface area contributed by atoms with Gasteiger partial charge in [0, 0.05) is 48.6 Å². The molecule has 2 fully saturated rings. The number of anilines is 2. The van der Waals surface area contributed by atoms with Crippen LogP contribution in [0.4, 0.5) is 11.5 Å². The number of likely N-dealkylation sites (N-methyl/N-ethyl adjacent to an activating group) is 1. The van der Waals surface area contributed by atoms with Crippen LogP contribution in [0, 0.1) is 11.3 Å². The Balaban J connectivity index is 1.33. The van der Waals surface area contributed by atoms with Crippen molar-refractivity contribution in [3.05, 3.63) is 52.5 Å². The van der Waals surface area contributed by atoms with E-state index >= 15 is 0 Å². The van der Waals surface area contributed by atoms with Crippen molar-refractivity contribution in [2.45, 2.75) is 44.3 Å². The monoisotopic (exact) mass is 591 g/mol. The van der Waals surface area contributed by atoms with Gasteiger partial charge in [-0.15, -0.1) is 11.3 Å². The van der Waals surface area contributed by atoms with Crippen LogP contribution in [0.25, 0.3) is 10.1 Å². The number of ether oxygens (including phenoxy) is 1. The van der Waals surface area contributed by atoms with E-state index in [1.165, 1.54) is 17.2 Å². The standard InChI is InChI=1S/C30H34ClN7O2S/c1-3-27(39)38-15-14-37(16-20(38)9-11-32)29-23-10-13-36(26-8-4-7-22-24(31)19-41-28(22)26)17-25(23)33-30(34-29)40-18-21-6-5-12-35(21)2/h3-4,7-8,19-21H,1,5-6,9-10,12-18H2,2H3/t20-,21-/m0/s1. The molecule has 0 N–H and O–H groups in total. The predicted molar refractivity (Wildman–Crippen MR) is 163 cm³/mol. The number of carbonyl (C=O) groups excluding carboxylic acids is 1. The molecule has 0 bridgehead atoms. The predicted octanol–water partition coefficient (Wildman–Crippen LogP) is 4.50. The first-order valence-corrected chi connectivity index (χ1v) is 15.4. The van der Waals surface area contributed by atoms with Crippen molar-refractivity contribution in [2.75, 3.05) is 56.2 Å². The molecule has 6 rings (SSSR count). The van der Waals surface area contributed by atoms with Gasteiger partial charge in [-0.1, -0.05) is 30.3 Å². The Labute approximate surface area is 249 Å². The summed E-state index contributed by atoms with van der Waals surface area (Å²) in [7, 11) is 2.13. The number of aromatic nitrogens is 2. The Morgan fingerprint density at radius 3 is 2.90 bits per heavy atom. The summed E-state index contributed by atoms with van der Waals surface area (Å²) in [6.45, 7) is 8.37. The Bertz CT molecular complexity index is 1500. The molecule has 0 aliphatic carbocycles. The van der Waals surface area contributed by atoms with Gasteiger partial charge in [-0.05, 0) is 45.0 Å². The Morgan fingerprint density at radius 1 is 1.24 bits per heavy atom. The van der Waals surface area contributed by atoms with Crippen LogP contribution in [0.5, 0.6) is 6.01 Å². The summed E-state index contributed by atoms with van der Waals surface area (Å²) in [6, 6.07) is 9.04. The van der Waals surface area contributed by atoms with E-state index < -0.39 is 0 Å². The number of halogens is 1. The fourth-order valence-electron chi connectivity index (χ4n) is 6.28. The fourth-order valence-corrected chi connectivity index (χ4v) is 7.59. The molecule has 0 unspecified atom stereocenters. The Kier molecular flexibility index (Phi) is 8.02. The highest BCUT2D eigenvalue weighted by atomic mass is 35.5. The molecule has 5 heterocycles. The zero-order chi connectivity index (χ0) is 28.5. The molecule has 3 aromatic rings. The number of amides is 1. The first-order chi connectivity index (χ1) is 20.0. The summed E-state index contributed by atoms with van der Waals surface area (Å²) in [4.78, 5) is 31.1. The minimum atomic E-state index is -0.234. The van der Waals surface area contributed by atoms with E-state index in [4.69, 9.17) is 26.3 Å². The normalized spacial score (nSPS) is 21.1. The molecule has 41 heavy (non-hydrogen) atoms. The third kappa shape index (κ3) is 5.46. The summed E-state index contributed by atoms with van der Waals surface area (Å²) in [6.07, 6.45) is 4.63. The van der Waals surface area contributed by atoms with Gasteiger partial charge in [0.05, 0.1) is 46.2 Å². The van der Waals surface area contributed by atoms with Crippen molar-refractivity contribution < 1.29 is 9.53 Å². The molecular weight excluding hydrogens is 558 g/mol. The number of hydrogen-bond donors (Lipinski definition) is 0. The summed E-state index contributed by atoms with van der Waals surface area (Å²) in [5.74, 6) is 0.716. The smallest absolute Gasteiger partial charge is 0.318 e. The first kappa shape index (κ1) is 27.8. The number of thiophene rings is 1. The Morgan fingerprint density at radius 2 is 2.12 bits per heavy atom. The van der Waals surface area contributed by atoms with Crippen LogP contribution in [0.3, 0.4) is 0 Å². The number of fused-ring (bicyclic) bond motifs is 2. The molecule has 1 aromatic carbocycles. The number of carbonyl (C=O) groups is 1. The second-order valence-electron chi connectivity index (χ2n) is 10.9. The molecular formula is C30H34ClN7O2S. The molecule has 2 atom stereocenters. The maximum Gasteiger partial charge on any atom is 0.318 e. The van der Waals surface area contributed by atoms with Crippen molar-refractivity contribution in [1.29, 1.82) is 5.26 Å². The molecule has 9 nitrogen and oxygen atoms in total. The zero-order valence-electron chi connectivity index (χ0n) is 23.3. The average molecular weight is 592 g/mol. The van der Waals surface area contributed by atoms with E-state index in [1.807, 2.05) is 5.38 Å².